The topological polar surface area (TPSA) is 71.1 Å². The summed E-state index contributed by atoms with van der Waals surface area (Å²) in [4.78, 5) is 29.2. The van der Waals surface area contributed by atoms with Crippen molar-refractivity contribution in [2.75, 3.05) is 5.32 Å². The van der Waals surface area contributed by atoms with Crippen LogP contribution in [0.5, 0.6) is 0 Å². The molecule has 1 atom stereocenters. The quantitative estimate of drug-likeness (QED) is 0.681. The van der Waals surface area contributed by atoms with Gasteiger partial charge in [0.1, 0.15) is 6.04 Å². The van der Waals surface area contributed by atoms with Crippen molar-refractivity contribution in [3.05, 3.63) is 57.1 Å². The van der Waals surface area contributed by atoms with E-state index in [2.05, 4.69) is 15.6 Å². The highest BCUT2D eigenvalue weighted by Crippen LogP contribution is 2.30. The first-order valence-electron chi connectivity index (χ1n) is 7.40. The van der Waals surface area contributed by atoms with Crippen molar-refractivity contribution in [3.63, 3.8) is 0 Å². The van der Waals surface area contributed by atoms with Gasteiger partial charge in [-0.1, -0.05) is 35.9 Å². The number of carbonyl (C=O) groups is 2. The summed E-state index contributed by atoms with van der Waals surface area (Å²) in [5.74, 6) is -0.599. The molecule has 0 radical (unpaired) electrons. The molecule has 2 amide bonds. The first-order chi connectivity index (χ1) is 12.0. The Bertz CT molecular complexity index is 893. The van der Waals surface area contributed by atoms with Gasteiger partial charge in [-0.05, 0) is 24.4 Å². The van der Waals surface area contributed by atoms with Crippen LogP contribution in [-0.2, 0) is 4.79 Å². The molecule has 3 rings (SSSR count). The van der Waals surface area contributed by atoms with Gasteiger partial charge in [0.25, 0.3) is 5.91 Å². The number of halogens is 1. The highest BCUT2D eigenvalue weighted by Gasteiger charge is 2.18. The summed E-state index contributed by atoms with van der Waals surface area (Å²) in [6.45, 7) is 1.63. The number of amides is 2. The molecule has 0 aliphatic heterocycles. The number of hydrogen-bond donors (Lipinski definition) is 2. The van der Waals surface area contributed by atoms with Crippen LogP contribution in [0.2, 0.25) is 5.02 Å². The Morgan fingerprint density at radius 2 is 1.96 bits per heavy atom. The van der Waals surface area contributed by atoms with Gasteiger partial charge < -0.3 is 10.6 Å². The third-order valence-electron chi connectivity index (χ3n) is 3.37. The van der Waals surface area contributed by atoms with E-state index in [0.717, 1.165) is 5.56 Å². The van der Waals surface area contributed by atoms with Crippen molar-refractivity contribution in [1.29, 1.82) is 0 Å². The van der Waals surface area contributed by atoms with Crippen molar-refractivity contribution >= 4 is 51.2 Å². The molecule has 128 valence electrons. The number of rotatable bonds is 5. The average Bonchev–Trinajstić information content (AvgIpc) is 3.27. The Labute approximate surface area is 157 Å². The number of hydrogen-bond acceptors (Lipinski definition) is 5. The maximum Gasteiger partial charge on any atom is 0.261 e. The molecule has 0 aliphatic carbocycles. The summed E-state index contributed by atoms with van der Waals surface area (Å²) < 4.78 is 0. The molecule has 5 nitrogen and oxygen atoms in total. The highest BCUT2D eigenvalue weighted by molar-refractivity contribution is 7.14. The molecular weight excluding hydrogens is 378 g/mol. The summed E-state index contributed by atoms with van der Waals surface area (Å²) in [6, 6.07) is 10.2. The summed E-state index contributed by atoms with van der Waals surface area (Å²) in [5, 5.41) is 10.1. The fourth-order valence-corrected chi connectivity index (χ4v) is 3.65. The van der Waals surface area contributed by atoms with E-state index in [0.29, 0.717) is 20.7 Å². The van der Waals surface area contributed by atoms with Gasteiger partial charge in [-0.3, -0.25) is 9.59 Å². The minimum Gasteiger partial charge on any atom is -0.340 e. The number of anilines is 1. The normalized spacial score (nSPS) is 11.8. The monoisotopic (exact) mass is 391 g/mol. The van der Waals surface area contributed by atoms with Gasteiger partial charge in [-0.2, -0.15) is 0 Å². The van der Waals surface area contributed by atoms with Crippen LogP contribution in [0, 0.1) is 0 Å². The smallest absolute Gasteiger partial charge is 0.261 e. The minimum atomic E-state index is -0.678. The molecule has 2 heterocycles. The molecule has 0 saturated heterocycles. The van der Waals surface area contributed by atoms with Crippen LogP contribution in [0.3, 0.4) is 0 Å². The molecule has 2 N–H and O–H groups in total. The van der Waals surface area contributed by atoms with Crippen LogP contribution in [-0.4, -0.2) is 22.8 Å². The molecule has 0 fully saturated rings. The standard InChI is InChI=1S/C17H14ClN3O2S2/c1-10(19-16(23)14-7-4-8-24-14)15(22)21-17-20-13(9-25-17)11-5-2-3-6-12(11)18/h2-10H,1H3,(H,19,23)(H,20,21,22). The first kappa shape index (κ1) is 17.6. The van der Waals surface area contributed by atoms with Gasteiger partial charge in [0.2, 0.25) is 5.91 Å². The molecular formula is C17H14ClN3O2S2. The largest absolute Gasteiger partial charge is 0.340 e. The molecule has 1 aromatic carbocycles. The van der Waals surface area contributed by atoms with Gasteiger partial charge in [0.15, 0.2) is 5.13 Å². The van der Waals surface area contributed by atoms with Gasteiger partial charge >= 0.3 is 0 Å². The molecule has 0 spiro atoms. The number of aromatic nitrogens is 1. The van der Waals surface area contributed by atoms with E-state index < -0.39 is 6.04 Å². The predicted octanol–water partition coefficient (Wildman–Crippen LogP) is 4.28. The summed E-state index contributed by atoms with van der Waals surface area (Å²) in [5.41, 5.74) is 1.50. The van der Waals surface area contributed by atoms with Crippen LogP contribution < -0.4 is 10.6 Å². The van der Waals surface area contributed by atoms with E-state index in [1.165, 1.54) is 22.7 Å². The zero-order valence-corrected chi connectivity index (χ0v) is 15.5. The minimum absolute atomic E-state index is 0.270. The van der Waals surface area contributed by atoms with Gasteiger partial charge in [-0.25, -0.2) is 4.98 Å². The number of thiophene rings is 1. The summed E-state index contributed by atoms with van der Waals surface area (Å²) in [7, 11) is 0. The number of thiazole rings is 1. The van der Waals surface area contributed by atoms with E-state index in [1.54, 1.807) is 25.1 Å². The number of carbonyl (C=O) groups excluding carboxylic acids is 2. The lowest BCUT2D eigenvalue weighted by atomic mass is 10.2. The van der Waals surface area contributed by atoms with Gasteiger partial charge in [-0.15, -0.1) is 22.7 Å². The average molecular weight is 392 g/mol. The van der Waals surface area contributed by atoms with Crippen LogP contribution in [0.15, 0.2) is 47.2 Å². The van der Waals surface area contributed by atoms with E-state index >= 15 is 0 Å². The van der Waals surface area contributed by atoms with Crippen LogP contribution in [0.25, 0.3) is 11.3 Å². The molecule has 0 saturated carbocycles. The maximum absolute atomic E-state index is 12.2. The Hall–Kier alpha value is -2.22. The lowest BCUT2D eigenvalue weighted by molar-refractivity contribution is -0.117. The van der Waals surface area contributed by atoms with Crippen LogP contribution in [0.1, 0.15) is 16.6 Å². The van der Waals surface area contributed by atoms with Crippen LogP contribution >= 0.6 is 34.3 Å². The first-order valence-corrected chi connectivity index (χ1v) is 9.54. The predicted molar refractivity (Wildman–Crippen MR) is 102 cm³/mol. The van der Waals surface area contributed by atoms with Crippen molar-refractivity contribution in [2.24, 2.45) is 0 Å². The summed E-state index contributed by atoms with van der Waals surface area (Å²) >= 11 is 8.79. The second kappa shape index (κ2) is 7.77. The lowest BCUT2D eigenvalue weighted by Crippen LogP contribution is -2.41. The SMILES string of the molecule is CC(NC(=O)c1cccs1)C(=O)Nc1nc(-c2ccccc2Cl)cs1. The van der Waals surface area contributed by atoms with E-state index in [-0.39, 0.29) is 11.8 Å². The third kappa shape index (κ3) is 4.25. The number of nitrogens with one attached hydrogen (secondary N) is 2. The maximum atomic E-state index is 12.2. The molecule has 2 aromatic heterocycles. The van der Waals surface area contributed by atoms with Gasteiger partial charge in [0, 0.05) is 16.0 Å². The number of nitrogens with zero attached hydrogens (tertiary/aromatic N) is 1. The Morgan fingerprint density at radius 3 is 2.68 bits per heavy atom. The third-order valence-corrected chi connectivity index (χ3v) is 5.33. The Morgan fingerprint density at radius 1 is 1.16 bits per heavy atom. The van der Waals surface area contributed by atoms with Crippen LogP contribution in [0.4, 0.5) is 5.13 Å². The lowest BCUT2D eigenvalue weighted by Gasteiger charge is -2.12. The van der Waals surface area contributed by atoms with Crippen molar-refractivity contribution in [3.8, 4) is 11.3 Å². The number of benzene rings is 1. The highest BCUT2D eigenvalue weighted by atomic mass is 35.5. The van der Waals surface area contributed by atoms with Crippen molar-refractivity contribution in [2.45, 2.75) is 13.0 Å². The Kier molecular flexibility index (Phi) is 5.47. The zero-order chi connectivity index (χ0) is 17.8. The van der Waals surface area contributed by atoms with Crippen molar-refractivity contribution in [1.82, 2.24) is 10.3 Å². The second-order valence-corrected chi connectivity index (χ2v) is 7.39. The van der Waals surface area contributed by atoms with Gasteiger partial charge in [0.05, 0.1) is 10.6 Å². The van der Waals surface area contributed by atoms with E-state index in [1.807, 2.05) is 29.0 Å². The summed E-state index contributed by atoms with van der Waals surface area (Å²) in [6.07, 6.45) is 0. The second-order valence-electron chi connectivity index (χ2n) is 5.18. The molecule has 0 bridgehead atoms. The van der Waals surface area contributed by atoms with E-state index in [9.17, 15) is 9.59 Å². The molecule has 25 heavy (non-hydrogen) atoms. The Balaban J connectivity index is 1.63. The van der Waals surface area contributed by atoms with Crippen molar-refractivity contribution < 1.29 is 9.59 Å². The molecule has 1 unspecified atom stereocenters. The molecule has 0 aliphatic rings. The fraction of sp³-hybridized carbons (Fsp3) is 0.118. The zero-order valence-electron chi connectivity index (χ0n) is 13.2. The molecule has 3 aromatic rings. The fourth-order valence-electron chi connectivity index (χ4n) is 2.08. The van der Waals surface area contributed by atoms with E-state index in [4.69, 9.17) is 11.6 Å². The molecule has 8 heteroatoms.